The van der Waals surface area contributed by atoms with Gasteiger partial charge < -0.3 is 9.47 Å². The van der Waals surface area contributed by atoms with Gasteiger partial charge in [0.25, 0.3) is 5.91 Å². The van der Waals surface area contributed by atoms with Crippen molar-refractivity contribution in [2.45, 2.75) is 53.4 Å². The van der Waals surface area contributed by atoms with Crippen molar-refractivity contribution >= 4 is 18.1 Å². The van der Waals surface area contributed by atoms with Gasteiger partial charge in [-0.1, -0.05) is 50.2 Å². The highest BCUT2D eigenvalue weighted by Crippen LogP contribution is 2.09. The molecule has 0 unspecified atom stereocenters. The SMILES string of the molecule is CC(C)CN(NC(=O)OCc1ccccc1)C(=O)CN(Cc1cccnc1)NC(=O)OC(C)(C)C. The summed E-state index contributed by atoms with van der Waals surface area (Å²) in [6.45, 7) is 9.39. The smallest absolute Gasteiger partial charge is 0.426 e. The van der Waals surface area contributed by atoms with Gasteiger partial charge in [0.05, 0.1) is 6.54 Å². The third-order valence-corrected chi connectivity index (χ3v) is 4.36. The van der Waals surface area contributed by atoms with E-state index in [-0.39, 0.29) is 32.2 Å². The molecule has 0 atom stereocenters. The largest absolute Gasteiger partial charge is 0.443 e. The molecular formula is C25H35N5O5. The molecule has 1 aromatic carbocycles. The number of rotatable bonds is 9. The molecule has 0 aliphatic heterocycles. The zero-order valence-corrected chi connectivity index (χ0v) is 21.0. The van der Waals surface area contributed by atoms with Gasteiger partial charge in [-0.05, 0) is 43.9 Å². The maximum Gasteiger partial charge on any atom is 0.426 e. The molecular weight excluding hydrogens is 450 g/mol. The first-order valence-electron chi connectivity index (χ1n) is 11.4. The van der Waals surface area contributed by atoms with Gasteiger partial charge in [-0.2, -0.15) is 0 Å². The lowest BCUT2D eigenvalue weighted by molar-refractivity contribution is -0.136. The van der Waals surface area contributed by atoms with Crippen LogP contribution in [0.2, 0.25) is 0 Å². The first-order valence-corrected chi connectivity index (χ1v) is 11.4. The minimum absolute atomic E-state index is 0.0685. The van der Waals surface area contributed by atoms with Crippen LogP contribution in [-0.2, 0) is 27.4 Å². The Morgan fingerprint density at radius 1 is 0.971 bits per heavy atom. The van der Waals surface area contributed by atoms with Gasteiger partial charge >= 0.3 is 12.2 Å². The lowest BCUT2D eigenvalue weighted by atomic mass is 10.2. The molecule has 0 fully saturated rings. The summed E-state index contributed by atoms with van der Waals surface area (Å²) in [6.07, 6.45) is 1.83. The summed E-state index contributed by atoms with van der Waals surface area (Å²) in [5, 5.41) is 2.61. The summed E-state index contributed by atoms with van der Waals surface area (Å²) in [4.78, 5) is 42.0. The average Bonchev–Trinajstić information content (AvgIpc) is 2.77. The van der Waals surface area contributed by atoms with Crippen molar-refractivity contribution in [2.75, 3.05) is 13.1 Å². The summed E-state index contributed by atoms with van der Waals surface area (Å²) in [5.74, 6) is -0.366. The first-order chi connectivity index (χ1) is 16.5. The van der Waals surface area contributed by atoms with Crippen LogP contribution in [0.4, 0.5) is 9.59 Å². The number of ether oxygens (including phenoxy) is 2. The number of amides is 3. The normalized spacial score (nSPS) is 11.2. The molecule has 1 heterocycles. The molecule has 0 radical (unpaired) electrons. The summed E-state index contributed by atoms with van der Waals surface area (Å²) >= 11 is 0. The molecule has 10 nitrogen and oxygen atoms in total. The van der Waals surface area contributed by atoms with Gasteiger partial charge in [-0.15, -0.1) is 0 Å². The van der Waals surface area contributed by atoms with Crippen LogP contribution in [0.15, 0.2) is 54.9 Å². The molecule has 190 valence electrons. The quantitative estimate of drug-likeness (QED) is 0.521. The summed E-state index contributed by atoms with van der Waals surface area (Å²) in [5.41, 5.74) is 6.03. The van der Waals surface area contributed by atoms with E-state index in [4.69, 9.17) is 9.47 Å². The van der Waals surface area contributed by atoms with Crippen molar-refractivity contribution < 1.29 is 23.9 Å². The van der Waals surface area contributed by atoms with Crippen molar-refractivity contribution in [2.24, 2.45) is 5.92 Å². The van der Waals surface area contributed by atoms with Crippen molar-refractivity contribution in [1.29, 1.82) is 0 Å². The number of aromatic nitrogens is 1. The number of carbonyl (C=O) groups excluding carboxylic acids is 3. The van der Waals surface area contributed by atoms with Gasteiger partial charge in [0.1, 0.15) is 12.2 Å². The van der Waals surface area contributed by atoms with E-state index < -0.39 is 23.7 Å². The maximum atomic E-state index is 13.2. The molecule has 1 aromatic heterocycles. The molecule has 2 aromatic rings. The highest BCUT2D eigenvalue weighted by Gasteiger charge is 2.24. The fourth-order valence-electron chi connectivity index (χ4n) is 2.97. The number of carbonyl (C=O) groups is 3. The second-order valence-electron chi connectivity index (χ2n) is 9.40. The van der Waals surface area contributed by atoms with Crippen molar-refractivity contribution in [3.8, 4) is 0 Å². The van der Waals surface area contributed by atoms with E-state index in [2.05, 4.69) is 15.8 Å². The molecule has 10 heteroatoms. The predicted molar refractivity (Wildman–Crippen MR) is 130 cm³/mol. The van der Waals surface area contributed by atoms with E-state index in [1.54, 1.807) is 39.2 Å². The van der Waals surface area contributed by atoms with Crippen LogP contribution in [-0.4, -0.2) is 51.8 Å². The van der Waals surface area contributed by atoms with Crippen LogP contribution in [0.1, 0.15) is 45.7 Å². The van der Waals surface area contributed by atoms with Crippen molar-refractivity contribution in [3.05, 3.63) is 66.0 Å². The Labute approximate surface area is 206 Å². The number of nitrogens with zero attached hydrogens (tertiary/aromatic N) is 3. The minimum atomic E-state index is -0.748. The Balaban J connectivity index is 2.06. The number of hydrogen-bond donors (Lipinski definition) is 2. The van der Waals surface area contributed by atoms with E-state index in [9.17, 15) is 14.4 Å². The van der Waals surface area contributed by atoms with E-state index >= 15 is 0 Å². The van der Waals surface area contributed by atoms with Crippen molar-refractivity contribution in [1.82, 2.24) is 25.9 Å². The minimum Gasteiger partial charge on any atom is -0.443 e. The molecule has 0 saturated heterocycles. The fraction of sp³-hybridized carbons (Fsp3) is 0.440. The van der Waals surface area contributed by atoms with E-state index in [0.717, 1.165) is 11.1 Å². The van der Waals surface area contributed by atoms with Crippen LogP contribution in [0.5, 0.6) is 0 Å². The van der Waals surface area contributed by atoms with Crippen LogP contribution in [0.25, 0.3) is 0 Å². The number of hydrazine groups is 2. The number of pyridine rings is 1. The highest BCUT2D eigenvalue weighted by molar-refractivity contribution is 5.81. The van der Waals surface area contributed by atoms with Gasteiger partial charge in [0.15, 0.2) is 0 Å². The molecule has 35 heavy (non-hydrogen) atoms. The third kappa shape index (κ3) is 11.3. The van der Waals surface area contributed by atoms with Crippen LogP contribution in [0.3, 0.4) is 0 Å². The lowest BCUT2D eigenvalue weighted by Crippen LogP contribution is -2.54. The highest BCUT2D eigenvalue weighted by atomic mass is 16.6. The number of nitrogens with one attached hydrogen (secondary N) is 2. The molecule has 2 N–H and O–H groups in total. The van der Waals surface area contributed by atoms with Gasteiger partial charge in [-0.25, -0.2) is 25.0 Å². The summed E-state index contributed by atoms with van der Waals surface area (Å²) < 4.78 is 10.6. The molecule has 0 saturated carbocycles. The Morgan fingerprint density at radius 2 is 1.66 bits per heavy atom. The summed E-state index contributed by atoms with van der Waals surface area (Å²) in [6, 6.07) is 12.8. The van der Waals surface area contributed by atoms with Crippen LogP contribution < -0.4 is 10.9 Å². The average molecular weight is 486 g/mol. The monoisotopic (exact) mass is 485 g/mol. The second-order valence-corrected chi connectivity index (χ2v) is 9.40. The first kappa shape index (κ1) is 27.6. The van der Waals surface area contributed by atoms with E-state index in [1.807, 2.05) is 50.2 Å². The topological polar surface area (TPSA) is 113 Å². The Bertz CT molecular complexity index is 948. The zero-order chi connectivity index (χ0) is 25.8. The number of hydrogen-bond acceptors (Lipinski definition) is 7. The molecule has 3 amide bonds. The summed E-state index contributed by atoms with van der Waals surface area (Å²) in [7, 11) is 0. The molecule has 0 aliphatic rings. The van der Waals surface area contributed by atoms with Crippen LogP contribution in [0, 0.1) is 5.92 Å². The maximum absolute atomic E-state index is 13.2. The van der Waals surface area contributed by atoms with Crippen molar-refractivity contribution in [3.63, 3.8) is 0 Å². The Kier molecular flexibility index (Phi) is 10.5. The molecule has 2 rings (SSSR count). The van der Waals surface area contributed by atoms with E-state index in [0.29, 0.717) is 0 Å². The van der Waals surface area contributed by atoms with Gasteiger partial charge in [0.2, 0.25) is 0 Å². The Morgan fingerprint density at radius 3 is 2.26 bits per heavy atom. The zero-order valence-electron chi connectivity index (χ0n) is 21.0. The molecule has 0 bridgehead atoms. The van der Waals surface area contributed by atoms with E-state index in [1.165, 1.54) is 10.0 Å². The number of benzene rings is 1. The van der Waals surface area contributed by atoms with Gasteiger partial charge in [-0.3, -0.25) is 15.2 Å². The predicted octanol–water partition coefficient (Wildman–Crippen LogP) is 3.65. The molecule has 0 aliphatic carbocycles. The van der Waals surface area contributed by atoms with Gasteiger partial charge in [0, 0.05) is 25.5 Å². The lowest BCUT2D eigenvalue weighted by Gasteiger charge is -2.29. The van der Waals surface area contributed by atoms with Crippen LogP contribution >= 0.6 is 0 Å². The Hall–Kier alpha value is -3.66. The third-order valence-electron chi connectivity index (χ3n) is 4.36. The second kappa shape index (κ2) is 13.3. The molecule has 0 spiro atoms. The fourth-order valence-corrected chi connectivity index (χ4v) is 2.97. The standard InChI is InChI=1S/C25H35N5O5/c1-19(2)15-30(28-23(32)34-18-20-10-7-6-8-11-20)22(31)17-29(16-21-12-9-13-26-14-21)27-24(33)35-25(3,4)5/h6-14,19H,15-18H2,1-5H3,(H,27,33)(H,28,32).